The van der Waals surface area contributed by atoms with Crippen LogP contribution in [-0.4, -0.2) is 24.3 Å². The van der Waals surface area contributed by atoms with Gasteiger partial charge in [-0.1, -0.05) is 19.3 Å². The van der Waals surface area contributed by atoms with E-state index in [9.17, 15) is 17.2 Å². The van der Waals surface area contributed by atoms with Crippen LogP contribution in [0.2, 0.25) is 0 Å². The van der Waals surface area contributed by atoms with Crippen LogP contribution in [0, 0.1) is 5.92 Å². The zero-order valence-corrected chi connectivity index (χ0v) is 10.4. The molecule has 1 atom stereocenters. The zero-order chi connectivity index (χ0) is 13.1. The van der Waals surface area contributed by atoms with Crippen molar-refractivity contribution in [3.63, 3.8) is 0 Å². The van der Waals surface area contributed by atoms with Gasteiger partial charge in [-0.15, -0.1) is 0 Å². The molecule has 1 rings (SSSR count). The molecule has 4 nitrogen and oxygen atoms in total. The van der Waals surface area contributed by atoms with Crippen LogP contribution in [0.25, 0.3) is 0 Å². The minimum atomic E-state index is -5.32. The molecule has 0 spiro atoms. The molecule has 3 N–H and O–H groups in total. The van der Waals surface area contributed by atoms with E-state index >= 15 is 0 Å². The zero-order valence-electron chi connectivity index (χ0n) is 9.61. The fraction of sp³-hybridized carbons (Fsp3) is 1.00. The molecule has 102 valence electrons. The molecule has 0 unspecified atom stereocenters. The molecule has 0 heterocycles. The molecule has 0 radical (unpaired) electrons. The van der Waals surface area contributed by atoms with E-state index in [0.717, 1.165) is 32.1 Å². The first-order valence-electron chi connectivity index (χ1n) is 5.84. The molecule has 0 aromatic rings. The minimum Gasteiger partial charge on any atom is -0.327 e. The van der Waals surface area contributed by atoms with E-state index in [4.69, 9.17) is 10.3 Å². The average molecular weight is 271 g/mol. The lowest BCUT2D eigenvalue weighted by molar-refractivity contribution is 0.0639. The molecular formula is C10H19F2NO3S. The van der Waals surface area contributed by atoms with Gasteiger partial charge in [0.05, 0.1) is 0 Å². The molecule has 7 heteroatoms. The predicted molar refractivity (Wildman–Crippen MR) is 60.3 cm³/mol. The lowest BCUT2D eigenvalue weighted by Gasteiger charge is -2.28. The molecule has 0 aromatic carbocycles. The van der Waals surface area contributed by atoms with Crippen LogP contribution in [0.1, 0.15) is 44.9 Å². The third kappa shape index (κ3) is 4.15. The van der Waals surface area contributed by atoms with Crippen LogP contribution in [-0.2, 0) is 10.1 Å². The van der Waals surface area contributed by atoms with Gasteiger partial charge in [-0.2, -0.15) is 17.2 Å². The second-order valence-corrected chi connectivity index (χ2v) is 6.26. The van der Waals surface area contributed by atoms with E-state index in [2.05, 4.69) is 0 Å². The second kappa shape index (κ2) is 5.58. The van der Waals surface area contributed by atoms with Gasteiger partial charge in [-0.05, 0) is 25.2 Å². The number of halogens is 2. The summed E-state index contributed by atoms with van der Waals surface area (Å²) in [5, 5.41) is -4.08. The van der Waals surface area contributed by atoms with Crippen molar-refractivity contribution in [1.82, 2.24) is 0 Å². The number of hydrogen-bond acceptors (Lipinski definition) is 3. The van der Waals surface area contributed by atoms with Crippen molar-refractivity contribution in [2.75, 3.05) is 0 Å². The Morgan fingerprint density at radius 2 is 1.82 bits per heavy atom. The first-order chi connectivity index (χ1) is 7.74. The second-order valence-electron chi connectivity index (χ2n) is 4.71. The quantitative estimate of drug-likeness (QED) is 0.751. The summed E-state index contributed by atoms with van der Waals surface area (Å²) in [5.74, 6) is 0.195. The largest absolute Gasteiger partial charge is 0.370 e. The van der Waals surface area contributed by atoms with Gasteiger partial charge in [-0.3, -0.25) is 4.55 Å². The van der Waals surface area contributed by atoms with Crippen LogP contribution >= 0.6 is 0 Å². The molecule has 17 heavy (non-hydrogen) atoms. The molecule has 0 bridgehead atoms. The number of hydrogen-bond donors (Lipinski definition) is 2. The van der Waals surface area contributed by atoms with Crippen LogP contribution in [0.15, 0.2) is 0 Å². The monoisotopic (exact) mass is 271 g/mol. The maximum atomic E-state index is 13.0. The lowest BCUT2D eigenvalue weighted by atomic mass is 9.83. The summed E-state index contributed by atoms with van der Waals surface area (Å²) in [6, 6.07) is -0.414. The number of rotatable bonds is 5. The van der Waals surface area contributed by atoms with Gasteiger partial charge in [0.25, 0.3) is 0 Å². The van der Waals surface area contributed by atoms with Crippen LogP contribution in [0.5, 0.6) is 0 Å². The van der Waals surface area contributed by atoms with Crippen LogP contribution in [0.3, 0.4) is 0 Å². The standard InChI is InChI=1S/C10H19F2NO3S/c11-10(12,17(14,15)16)7-6-9(13)8-4-2-1-3-5-8/h8-9H,1-7,13H2,(H,14,15,16)/t9-/m1/s1. The normalized spacial score (nSPS) is 21.4. The van der Waals surface area contributed by atoms with E-state index in [-0.39, 0.29) is 12.3 Å². The molecule has 1 fully saturated rings. The van der Waals surface area contributed by atoms with Crippen molar-refractivity contribution < 1.29 is 21.8 Å². The van der Waals surface area contributed by atoms with Crippen molar-refractivity contribution in [3.8, 4) is 0 Å². The summed E-state index contributed by atoms with van der Waals surface area (Å²) >= 11 is 0. The van der Waals surface area contributed by atoms with Gasteiger partial charge in [-0.25, -0.2) is 0 Å². The summed E-state index contributed by atoms with van der Waals surface area (Å²) in [5.41, 5.74) is 5.79. The van der Waals surface area contributed by atoms with Crippen molar-refractivity contribution in [3.05, 3.63) is 0 Å². The highest BCUT2D eigenvalue weighted by Crippen LogP contribution is 2.31. The van der Waals surface area contributed by atoms with Gasteiger partial charge < -0.3 is 5.73 Å². The van der Waals surface area contributed by atoms with Crippen molar-refractivity contribution >= 4 is 10.1 Å². The smallest absolute Gasteiger partial charge is 0.327 e. The Morgan fingerprint density at radius 3 is 2.29 bits per heavy atom. The summed E-state index contributed by atoms with van der Waals surface area (Å²) in [4.78, 5) is 0. The van der Waals surface area contributed by atoms with Crippen LogP contribution in [0.4, 0.5) is 8.78 Å². The van der Waals surface area contributed by atoms with Crippen LogP contribution < -0.4 is 5.73 Å². The van der Waals surface area contributed by atoms with E-state index < -0.39 is 27.8 Å². The molecule has 0 amide bonds. The molecule has 1 aliphatic carbocycles. The molecule has 1 saturated carbocycles. The summed E-state index contributed by atoms with van der Waals surface area (Å²) in [6.07, 6.45) is 4.07. The highest BCUT2D eigenvalue weighted by atomic mass is 32.2. The topological polar surface area (TPSA) is 80.4 Å². The summed E-state index contributed by atoms with van der Waals surface area (Å²) in [6.45, 7) is 0. The van der Waals surface area contributed by atoms with Gasteiger partial charge >= 0.3 is 15.4 Å². The predicted octanol–water partition coefficient (Wildman–Crippen LogP) is 2.15. The highest BCUT2D eigenvalue weighted by molar-refractivity contribution is 7.86. The van der Waals surface area contributed by atoms with E-state index in [0.29, 0.717) is 0 Å². The first kappa shape index (κ1) is 14.8. The Balaban J connectivity index is 2.44. The minimum absolute atomic E-state index is 0.0859. The van der Waals surface area contributed by atoms with Crippen molar-refractivity contribution in [2.24, 2.45) is 11.7 Å². The third-order valence-corrected chi connectivity index (χ3v) is 4.36. The number of nitrogens with two attached hydrogens (primary N) is 1. The Morgan fingerprint density at radius 1 is 1.29 bits per heavy atom. The molecule has 0 saturated heterocycles. The Bertz CT molecular complexity index is 339. The fourth-order valence-corrected chi connectivity index (χ4v) is 2.64. The Hall–Kier alpha value is -0.270. The van der Waals surface area contributed by atoms with E-state index in [1.165, 1.54) is 0 Å². The van der Waals surface area contributed by atoms with Gasteiger partial charge in [0.1, 0.15) is 0 Å². The molecular weight excluding hydrogens is 252 g/mol. The lowest BCUT2D eigenvalue weighted by Crippen LogP contribution is -2.35. The van der Waals surface area contributed by atoms with E-state index in [1.54, 1.807) is 0 Å². The SMILES string of the molecule is N[C@H](CCC(F)(F)S(=O)(=O)O)C1CCCCC1. The maximum Gasteiger partial charge on any atom is 0.370 e. The Kier molecular flexibility index (Phi) is 4.86. The third-order valence-electron chi connectivity index (χ3n) is 3.40. The summed E-state index contributed by atoms with van der Waals surface area (Å²) < 4.78 is 55.1. The number of alkyl halides is 2. The average Bonchev–Trinajstić information content (AvgIpc) is 2.25. The first-order valence-corrected chi connectivity index (χ1v) is 7.28. The highest BCUT2D eigenvalue weighted by Gasteiger charge is 2.43. The van der Waals surface area contributed by atoms with Crippen molar-refractivity contribution in [1.29, 1.82) is 0 Å². The fourth-order valence-electron chi connectivity index (χ4n) is 2.26. The molecule has 1 aliphatic rings. The van der Waals surface area contributed by atoms with Crippen molar-refractivity contribution in [2.45, 2.75) is 56.2 Å². The van der Waals surface area contributed by atoms with Gasteiger partial charge in [0.2, 0.25) is 0 Å². The van der Waals surface area contributed by atoms with E-state index in [1.807, 2.05) is 0 Å². The Labute approximate surface area is 100 Å². The van der Waals surface area contributed by atoms with Gasteiger partial charge in [0.15, 0.2) is 0 Å². The summed E-state index contributed by atoms with van der Waals surface area (Å²) in [7, 11) is -5.32. The molecule has 0 aliphatic heterocycles. The maximum absolute atomic E-state index is 13.0. The molecule has 0 aromatic heterocycles. The van der Waals surface area contributed by atoms with Gasteiger partial charge in [0, 0.05) is 12.5 Å².